The molecule has 76 valence electrons. The van der Waals surface area contributed by atoms with Crippen LogP contribution in [-0.2, 0) is 17.8 Å². The molecule has 0 atom stereocenters. The molecule has 1 aliphatic heterocycles. The molecule has 0 unspecified atom stereocenters. The molecule has 0 bridgehead atoms. The average Bonchev–Trinajstić information content (AvgIpc) is 2.53. The fourth-order valence-corrected chi connectivity index (χ4v) is 2.68. The van der Waals surface area contributed by atoms with E-state index < -0.39 is 0 Å². The molecule has 0 aliphatic carbocycles. The first-order valence-corrected chi connectivity index (χ1v) is 5.25. The molecule has 0 saturated heterocycles. The minimum atomic E-state index is -0.0955. The average molecular weight is 212 g/mol. The monoisotopic (exact) mass is 212 g/mol. The Balaban J connectivity index is 2.47. The lowest BCUT2D eigenvalue weighted by Gasteiger charge is -2.12. The van der Waals surface area contributed by atoms with Crippen molar-refractivity contribution < 1.29 is 9.53 Å². The van der Waals surface area contributed by atoms with Crippen LogP contribution < -0.4 is 11.1 Å². The molecule has 1 aliphatic rings. The molecule has 1 amide bonds. The summed E-state index contributed by atoms with van der Waals surface area (Å²) in [6, 6.07) is 0. The van der Waals surface area contributed by atoms with Gasteiger partial charge in [-0.2, -0.15) is 0 Å². The topological polar surface area (TPSA) is 64.4 Å². The third-order valence-corrected chi connectivity index (χ3v) is 3.34. The highest BCUT2D eigenvalue weighted by molar-refractivity contribution is 7.16. The summed E-state index contributed by atoms with van der Waals surface area (Å²) in [6.45, 7) is 1.26. The molecule has 1 aromatic heterocycles. The Morgan fingerprint density at radius 3 is 3.14 bits per heavy atom. The van der Waals surface area contributed by atoms with Crippen LogP contribution in [0.3, 0.4) is 0 Å². The second kappa shape index (κ2) is 3.59. The molecule has 1 aromatic rings. The Morgan fingerprint density at radius 2 is 2.43 bits per heavy atom. The molecule has 14 heavy (non-hydrogen) atoms. The minimum absolute atomic E-state index is 0.0955. The number of thiophene rings is 1. The largest absolute Gasteiger partial charge is 0.390 e. The zero-order valence-electron chi connectivity index (χ0n) is 7.92. The number of fused-ring (bicyclic) bond motifs is 1. The normalized spacial score (nSPS) is 14.9. The number of carbonyl (C=O) groups excluding carboxylic acids is 1. The van der Waals surface area contributed by atoms with Gasteiger partial charge in [0.1, 0.15) is 0 Å². The molecule has 0 fully saturated rings. The van der Waals surface area contributed by atoms with Crippen LogP contribution in [0.2, 0.25) is 0 Å². The lowest BCUT2D eigenvalue weighted by molar-refractivity contribution is 0.0955. The summed E-state index contributed by atoms with van der Waals surface area (Å²) in [5, 5.41) is 3.20. The molecule has 0 radical (unpaired) electrons. The molecule has 4 nitrogen and oxygen atoms in total. The number of hydrogen-bond donors (Lipinski definition) is 2. The summed E-state index contributed by atoms with van der Waals surface area (Å²) in [7, 11) is 1.62. The molecular formula is C9H12N2O2S. The van der Waals surface area contributed by atoms with Gasteiger partial charge in [0.2, 0.25) is 0 Å². The minimum Gasteiger partial charge on any atom is -0.390 e. The van der Waals surface area contributed by atoms with E-state index in [1.165, 1.54) is 11.3 Å². The fraction of sp³-hybridized carbons (Fsp3) is 0.444. The maximum Gasteiger partial charge on any atom is 0.254 e. The predicted molar refractivity (Wildman–Crippen MR) is 55.5 cm³/mol. The van der Waals surface area contributed by atoms with Gasteiger partial charge in [0.25, 0.3) is 5.91 Å². The molecular weight excluding hydrogens is 200 g/mol. The number of nitrogens with two attached hydrogens (primary N) is 1. The zero-order chi connectivity index (χ0) is 10.1. The van der Waals surface area contributed by atoms with Gasteiger partial charge in [0.15, 0.2) is 0 Å². The van der Waals surface area contributed by atoms with E-state index in [0.29, 0.717) is 23.8 Å². The van der Waals surface area contributed by atoms with Crippen LogP contribution in [0.5, 0.6) is 0 Å². The summed E-state index contributed by atoms with van der Waals surface area (Å²) >= 11 is 1.45. The van der Waals surface area contributed by atoms with E-state index in [-0.39, 0.29) is 5.91 Å². The Labute approximate surface area is 86.1 Å². The quantitative estimate of drug-likeness (QED) is 0.722. The van der Waals surface area contributed by atoms with E-state index >= 15 is 0 Å². The van der Waals surface area contributed by atoms with Crippen molar-refractivity contribution in [2.45, 2.75) is 13.0 Å². The van der Waals surface area contributed by atoms with Crippen molar-refractivity contribution in [3.8, 4) is 0 Å². The maximum absolute atomic E-state index is 11.5. The van der Waals surface area contributed by atoms with Gasteiger partial charge in [-0.15, -0.1) is 11.3 Å². The number of anilines is 1. The molecule has 5 heteroatoms. The van der Waals surface area contributed by atoms with Gasteiger partial charge in [0, 0.05) is 11.9 Å². The molecule has 3 N–H and O–H groups in total. The lowest BCUT2D eigenvalue weighted by Crippen LogP contribution is -2.21. The molecule has 0 spiro atoms. The van der Waals surface area contributed by atoms with E-state index in [4.69, 9.17) is 10.5 Å². The van der Waals surface area contributed by atoms with Crippen LogP contribution in [0.25, 0.3) is 0 Å². The smallest absolute Gasteiger partial charge is 0.254 e. The second-order valence-electron chi connectivity index (χ2n) is 3.12. The van der Waals surface area contributed by atoms with Gasteiger partial charge in [0.05, 0.1) is 23.8 Å². The van der Waals surface area contributed by atoms with Crippen LogP contribution in [0.15, 0.2) is 0 Å². The number of rotatable bonds is 1. The van der Waals surface area contributed by atoms with E-state index in [1.54, 1.807) is 7.05 Å². The van der Waals surface area contributed by atoms with E-state index in [2.05, 4.69) is 5.32 Å². The summed E-state index contributed by atoms with van der Waals surface area (Å²) in [5.41, 5.74) is 7.52. The molecule has 0 saturated carbocycles. The van der Waals surface area contributed by atoms with Crippen LogP contribution in [0, 0.1) is 0 Å². The highest BCUT2D eigenvalue weighted by atomic mass is 32.1. The van der Waals surface area contributed by atoms with Crippen LogP contribution >= 0.6 is 11.3 Å². The van der Waals surface area contributed by atoms with E-state index in [0.717, 1.165) is 16.9 Å². The van der Waals surface area contributed by atoms with Crippen molar-refractivity contribution in [2.24, 2.45) is 0 Å². The van der Waals surface area contributed by atoms with Gasteiger partial charge in [-0.05, 0) is 12.0 Å². The van der Waals surface area contributed by atoms with E-state index in [9.17, 15) is 4.79 Å². The Hall–Kier alpha value is -1.07. The number of amides is 1. The summed E-state index contributed by atoms with van der Waals surface area (Å²) in [5.74, 6) is -0.0955. The Morgan fingerprint density at radius 1 is 1.64 bits per heavy atom. The first-order valence-electron chi connectivity index (χ1n) is 4.44. The van der Waals surface area contributed by atoms with Gasteiger partial charge in [-0.3, -0.25) is 4.79 Å². The SMILES string of the molecule is CNC(=O)c1c(N)sc2c1CCOC2. The number of nitrogens with one attached hydrogen (secondary N) is 1. The van der Waals surface area contributed by atoms with Gasteiger partial charge >= 0.3 is 0 Å². The van der Waals surface area contributed by atoms with Gasteiger partial charge in [-0.1, -0.05) is 0 Å². The zero-order valence-corrected chi connectivity index (χ0v) is 8.74. The van der Waals surface area contributed by atoms with Gasteiger partial charge < -0.3 is 15.8 Å². The van der Waals surface area contributed by atoms with Crippen LogP contribution in [-0.4, -0.2) is 19.6 Å². The number of carbonyl (C=O) groups is 1. The van der Waals surface area contributed by atoms with Crippen molar-refractivity contribution in [1.82, 2.24) is 5.32 Å². The van der Waals surface area contributed by atoms with Crippen molar-refractivity contribution in [3.05, 3.63) is 16.0 Å². The van der Waals surface area contributed by atoms with E-state index in [1.807, 2.05) is 0 Å². The fourth-order valence-electron chi connectivity index (χ4n) is 1.63. The molecule has 2 rings (SSSR count). The summed E-state index contributed by atoms with van der Waals surface area (Å²) in [4.78, 5) is 12.6. The first kappa shape index (κ1) is 9.48. The summed E-state index contributed by atoms with van der Waals surface area (Å²) in [6.07, 6.45) is 0.784. The second-order valence-corrected chi connectivity index (χ2v) is 4.26. The third kappa shape index (κ3) is 1.38. The highest BCUT2D eigenvalue weighted by Crippen LogP contribution is 2.34. The van der Waals surface area contributed by atoms with Crippen molar-refractivity contribution in [3.63, 3.8) is 0 Å². The highest BCUT2D eigenvalue weighted by Gasteiger charge is 2.23. The standard InChI is InChI=1S/C9H12N2O2S/c1-11-9(12)7-5-2-3-13-4-6(5)14-8(7)10/h2-4,10H2,1H3,(H,11,12). The van der Waals surface area contributed by atoms with Crippen LogP contribution in [0.1, 0.15) is 20.8 Å². The van der Waals surface area contributed by atoms with Crippen LogP contribution in [0.4, 0.5) is 5.00 Å². The molecule has 2 heterocycles. The van der Waals surface area contributed by atoms with Crippen molar-refractivity contribution in [1.29, 1.82) is 0 Å². The summed E-state index contributed by atoms with van der Waals surface area (Å²) < 4.78 is 5.30. The Kier molecular flexibility index (Phi) is 2.43. The lowest BCUT2D eigenvalue weighted by atomic mass is 10.1. The number of hydrogen-bond acceptors (Lipinski definition) is 4. The predicted octanol–water partition coefficient (Wildman–Crippen LogP) is 0.763. The first-order chi connectivity index (χ1) is 6.74. The maximum atomic E-state index is 11.5. The number of nitrogen functional groups attached to an aromatic ring is 1. The third-order valence-electron chi connectivity index (χ3n) is 2.30. The van der Waals surface area contributed by atoms with Crippen molar-refractivity contribution >= 4 is 22.2 Å². The Bertz CT molecular complexity index is 373. The number of ether oxygens (including phenoxy) is 1. The van der Waals surface area contributed by atoms with Crippen molar-refractivity contribution in [2.75, 3.05) is 19.4 Å². The molecule has 0 aromatic carbocycles. The van der Waals surface area contributed by atoms with Gasteiger partial charge in [-0.25, -0.2) is 0 Å².